The number of nitrogens with zero attached hydrogens (tertiary/aromatic N) is 1. The van der Waals surface area contributed by atoms with Crippen LogP contribution in [0.4, 0.5) is 5.69 Å². The number of rotatable bonds is 4. The number of benzene rings is 3. The molecule has 1 atom stereocenters. The van der Waals surface area contributed by atoms with Crippen molar-refractivity contribution in [2.45, 2.75) is 45.1 Å². The largest absolute Gasteiger partial charge is 0.497 e. The van der Waals surface area contributed by atoms with E-state index in [1.807, 2.05) is 41.3 Å². The molecular formula is C29H31NO2. The summed E-state index contributed by atoms with van der Waals surface area (Å²) < 4.78 is 5.36. The average Bonchev–Trinajstić information content (AvgIpc) is 2.78. The van der Waals surface area contributed by atoms with Crippen LogP contribution in [0.2, 0.25) is 0 Å². The summed E-state index contributed by atoms with van der Waals surface area (Å²) in [5.41, 5.74) is 5.01. The highest BCUT2D eigenvalue weighted by molar-refractivity contribution is 6.06. The van der Waals surface area contributed by atoms with Crippen LogP contribution in [-0.2, 0) is 10.2 Å². The van der Waals surface area contributed by atoms with Crippen molar-refractivity contribution in [3.05, 3.63) is 101 Å². The van der Waals surface area contributed by atoms with E-state index in [0.717, 1.165) is 23.4 Å². The Morgan fingerprint density at radius 3 is 2.25 bits per heavy atom. The number of para-hydroxylation sites is 1. The smallest absolute Gasteiger partial charge is 0.251 e. The van der Waals surface area contributed by atoms with E-state index < -0.39 is 0 Å². The van der Waals surface area contributed by atoms with Gasteiger partial charge in [-0.2, -0.15) is 0 Å². The lowest BCUT2D eigenvalue weighted by Gasteiger charge is -2.51. The summed E-state index contributed by atoms with van der Waals surface area (Å²) in [5.74, 6) is 0.846. The quantitative estimate of drug-likeness (QED) is 0.444. The van der Waals surface area contributed by atoms with E-state index in [9.17, 15) is 4.79 Å². The number of fused-ring (bicyclic) bond motifs is 1. The van der Waals surface area contributed by atoms with Crippen LogP contribution in [0.25, 0.3) is 6.08 Å². The average molecular weight is 426 g/mol. The van der Waals surface area contributed by atoms with E-state index in [4.69, 9.17) is 4.74 Å². The van der Waals surface area contributed by atoms with Gasteiger partial charge in [-0.1, -0.05) is 67.1 Å². The van der Waals surface area contributed by atoms with E-state index in [1.165, 1.54) is 16.7 Å². The van der Waals surface area contributed by atoms with E-state index >= 15 is 0 Å². The summed E-state index contributed by atoms with van der Waals surface area (Å²) >= 11 is 0. The molecule has 3 nitrogen and oxygen atoms in total. The van der Waals surface area contributed by atoms with Crippen molar-refractivity contribution in [1.82, 2.24) is 0 Å². The molecule has 1 aliphatic rings. The molecule has 3 aromatic rings. The number of anilines is 1. The van der Waals surface area contributed by atoms with E-state index in [2.05, 4.69) is 70.2 Å². The first-order chi connectivity index (χ1) is 15.2. The topological polar surface area (TPSA) is 29.5 Å². The van der Waals surface area contributed by atoms with Gasteiger partial charge in [0.2, 0.25) is 0 Å². The van der Waals surface area contributed by atoms with Gasteiger partial charge in [0.15, 0.2) is 0 Å². The molecule has 1 aliphatic heterocycles. The Balaban J connectivity index is 1.74. The zero-order valence-electron chi connectivity index (χ0n) is 19.6. The molecule has 0 radical (unpaired) electrons. The standard InChI is InChI=1S/C29H31NO2/c1-21-10-12-22(13-11-21)14-19-27(31)30-26-9-7-6-8-25(26)29(4,20-28(30,2)3)23-15-17-24(32-5)18-16-23/h6-19H,20H2,1-5H3/b19-14-/t29-/m1/s1. The zero-order valence-corrected chi connectivity index (χ0v) is 19.6. The molecule has 0 N–H and O–H groups in total. The van der Waals surface area contributed by atoms with Crippen molar-refractivity contribution in [2.75, 3.05) is 12.0 Å². The van der Waals surface area contributed by atoms with Crippen LogP contribution in [-0.4, -0.2) is 18.6 Å². The highest BCUT2D eigenvalue weighted by Crippen LogP contribution is 2.50. The van der Waals surface area contributed by atoms with Gasteiger partial charge in [0, 0.05) is 22.7 Å². The molecule has 3 heteroatoms. The second-order valence-electron chi connectivity index (χ2n) is 9.48. The number of ether oxygens (including phenoxy) is 1. The predicted octanol–water partition coefficient (Wildman–Crippen LogP) is 6.54. The van der Waals surface area contributed by atoms with Crippen molar-refractivity contribution in [3.63, 3.8) is 0 Å². The number of hydrogen-bond acceptors (Lipinski definition) is 2. The summed E-state index contributed by atoms with van der Waals surface area (Å²) in [4.78, 5) is 15.4. The fourth-order valence-electron chi connectivity index (χ4n) is 5.05. The summed E-state index contributed by atoms with van der Waals surface area (Å²) in [6, 6.07) is 24.8. The first-order valence-electron chi connectivity index (χ1n) is 11.1. The molecule has 32 heavy (non-hydrogen) atoms. The van der Waals surface area contributed by atoms with Gasteiger partial charge in [0.1, 0.15) is 5.75 Å². The third kappa shape index (κ3) is 3.95. The first kappa shape index (κ1) is 21.9. The number of carbonyl (C=O) groups excluding carboxylic acids is 1. The Morgan fingerprint density at radius 2 is 1.59 bits per heavy atom. The lowest BCUT2D eigenvalue weighted by molar-refractivity contribution is -0.115. The molecule has 0 aromatic heterocycles. The fourth-order valence-corrected chi connectivity index (χ4v) is 5.05. The number of carbonyl (C=O) groups is 1. The maximum absolute atomic E-state index is 13.5. The van der Waals surface area contributed by atoms with Crippen molar-refractivity contribution in [1.29, 1.82) is 0 Å². The number of aryl methyl sites for hydroxylation is 1. The van der Waals surface area contributed by atoms with Crippen LogP contribution in [0.15, 0.2) is 78.9 Å². The zero-order chi connectivity index (χ0) is 22.9. The predicted molar refractivity (Wildman–Crippen MR) is 132 cm³/mol. The van der Waals surface area contributed by atoms with Crippen molar-refractivity contribution in [3.8, 4) is 5.75 Å². The van der Waals surface area contributed by atoms with Crippen LogP contribution in [0.3, 0.4) is 0 Å². The lowest BCUT2D eigenvalue weighted by Crippen LogP contribution is -2.55. The van der Waals surface area contributed by atoms with Crippen LogP contribution >= 0.6 is 0 Å². The number of hydrogen-bond donors (Lipinski definition) is 0. The molecule has 0 saturated heterocycles. The number of methoxy groups -OCH3 is 1. The lowest BCUT2D eigenvalue weighted by atomic mass is 9.65. The SMILES string of the molecule is COc1ccc([C@@]2(C)CC(C)(C)N(C(=O)/C=C\c3ccc(C)cc3)c3ccccc32)cc1. The second kappa shape index (κ2) is 8.31. The van der Waals surface area contributed by atoms with Gasteiger partial charge in [-0.05, 0) is 68.2 Å². The van der Waals surface area contributed by atoms with Crippen molar-refractivity contribution < 1.29 is 9.53 Å². The molecule has 0 saturated carbocycles. The van der Waals surface area contributed by atoms with Gasteiger partial charge in [-0.15, -0.1) is 0 Å². The van der Waals surface area contributed by atoms with Gasteiger partial charge in [0.25, 0.3) is 5.91 Å². The molecule has 1 amide bonds. The molecule has 1 heterocycles. The molecular weight excluding hydrogens is 394 g/mol. The Morgan fingerprint density at radius 1 is 0.938 bits per heavy atom. The van der Waals surface area contributed by atoms with Gasteiger partial charge in [-0.25, -0.2) is 0 Å². The minimum atomic E-state index is -0.363. The summed E-state index contributed by atoms with van der Waals surface area (Å²) in [6.07, 6.45) is 4.41. The van der Waals surface area contributed by atoms with Crippen LogP contribution in [0.5, 0.6) is 5.75 Å². The number of amides is 1. The Kier molecular flexibility index (Phi) is 5.68. The molecule has 0 unspecified atom stereocenters. The van der Waals surface area contributed by atoms with E-state index in [1.54, 1.807) is 13.2 Å². The van der Waals surface area contributed by atoms with Crippen LogP contribution in [0, 0.1) is 6.92 Å². The van der Waals surface area contributed by atoms with E-state index in [0.29, 0.717) is 0 Å². The Bertz CT molecular complexity index is 1140. The van der Waals surface area contributed by atoms with Crippen molar-refractivity contribution in [2.24, 2.45) is 0 Å². The Hall–Kier alpha value is -3.33. The monoisotopic (exact) mass is 425 g/mol. The third-order valence-corrected chi connectivity index (χ3v) is 6.57. The molecule has 0 aliphatic carbocycles. The molecule has 0 fully saturated rings. The normalized spacial score (nSPS) is 19.6. The van der Waals surface area contributed by atoms with Gasteiger partial charge in [0.05, 0.1) is 7.11 Å². The minimum Gasteiger partial charge on any atom is -0.497 e. The summed E-state index contributed by atoms with van der Waals surface area (Å²) in [7, 11) is 1.68. The Labute approximate surface area is 191 Å². The maximum Gasteiger partial charge on any atom is 0.251 e. The van der Waals surface area contributed by atoms with Crippen LogP contribution < -0.4 is 9.64 Å². The molecule has 0 spiro atoms. The van der Waals surface area contributed by atoms with Gasteiger partial charge < -0.3 is 9.64 Å². The van der Waals surface area contributed by atoms with Gasteiger partial charge in [-0.3, -0.25) is 4.79 Å². The highest BCUT2D eigenvalue weighted by Gasteiger charge is 2.47. The first-order valence-corrected chi connectivity index (χ1v) is 11.1. The van der Waals surface area contributed by atoms with Crippen molar-refractivity contribution >= 4 is 17.7 Å². The van der Waals surface area contributed by atoms with E-state index in [-0.39, 0.29) is 16.9 Å². The molecule has 3 aromatic carbocycles. The van der Waals surface area contributed by atoms with Gasteiger partial charge >= 0.3 is 0 Å². The fraction of sp³-hybridized carbons (Fsp3) is 0.276. The minimum absolute atomic E-state index is 0.000180. The summed E-state index contributed by atoms with van der Waals surface area (Å²) in [5, 5.41) is 0. The second-order valence-corrected chi connectivity index (χ2v) is 9.48. The highest BCUT2D eigenvalue weighted by atomic mass is 16.5. The molecule has 4 rings (SSSR count). The van der Waals surface area contributed by atoms with Crippen LogP contribution in [0.1, 0.15) is 49.4 Å². The maximum atomic E-state index is 13.5. The third-order valence-electron chi connectivity index (χ3n) is 6.57. The summed E-state index contributed by atoms with van der Waals surface area (Å²) in [6.45, 7) is 8.65. The molecule has 0 bridgehead atoms. The molecule has 164 valence electrons.